The zero-order chi connectivity index (χ0) is 10.2. The minimum absolute atomic E-state index is 0.0622. The standard InChI is InChI=1S/C11H14O4/c12-11(13)4-3-7-8-5-1-2-6(14-5)9(8)10(4)15-7/h4-10H,1-3H2,(H,12,13). The van der Waals surface area contributed by atoms with Crippen molar-refractivity contribution >= 4 is 5.97 Å². The van der Waals surface area contributed by atoms with Gasteiger partial charge in [0.05, 0.1) is 30.3 Å². The van der Waals surface area contributed by atoms with Gasteiger partial charge in [0.2, 0.25) is 0 Å². The average Bonchev–Trinajstić information content (AvgIpc) is 2.95. The molecule has 7 unspecified atom stereocenters. The number of carboxylic acids is 1. The lowest BCUT2D eigenvalue weighted by Gasteiger charge is -2.31. The third kappa shape index (κ3) is 0.882. The van der Waals surface area contributed by atoms with Crippen molar-refractivity contribution in [3.8, 4) is 0 Å². The molecule has 0 saturated carbocycles. The molecule has 4 fully saturated rings. The van der Waals surface area contributed by atoms with Crippen LogP contribution in [0.15, 0.2) is 0 Å². The van der Waals surface area contributed by atoms with Gasteiger partial charge in [0.1, 0.15) is 0 Å². The van der Waals surface area contributed by atoms with Gasteiger partial charge in [-0.05, 0) is 19.3 Å². The van der Waals surface area contributed by atoms with E-state index in [1.165, 1.54) is 0 Å². The van der Waals surface area contributed by atoms with Gasteiger partial charge >= 0.3 is 5.97 Å². The van der Waals surface area contributed by atoms with Crippen LogP contribution in [-0.4, -0.2) is 35.5 Å². The van der Waals surface area contributed by atoms with E-state index < -0.39 is 5.97 Å². The first-order chi connectivity index (χ1) is 7.25. The Hall–Kier alpha value is -0.610. The lowest BCUT2D eigenvalue weighted by Crippen LogP contribution is -2.42. The van der Waals surface area contributed by atoms with Gasteiger partial charge in [-0.15, -0.1) is 0 Å². The van der Waals surface area contributed by atoms with E-state index in [4.69, 9.17) is 14.6 Å². The highest BCUT2D eigenvalue weighted by Crippen LogP contribution is 2.58. The summed E-state index contributed by atoms with van der Waals surface area (Å²) in [6.45, 7) is 0. The second kappa shape index (κ2) is 2.55. The molecule has 4 saturated heterocycles. The first kappa shape index (κ1) is 8.53. The highest BCUT2D eigenvalue weighted by molar-refractivity contribution is 5.71. The van der Waals surface area contributed by atoms with Crippen molar-refractivity contribution in [2.24, 2.45) is 17.8 Å². The van der Waals surface area contributed by atoms with Crippen LogP contribution in [-0.2, 0) is 14.3 Å². The summed E-state index contributed by atoms with van der Waals surface area (Å²) in [7, 11) is 0. The Kier molecular flexibility index (Phi) is 1.45. The van der Waals surface area contributed by atoms with Crippen molar-refractivity contribution in [2.75, 3.05) is 0 Å². The predicted octanol–water partition coefficient (Wildman–Crippen LogP) is 0.652. The van der Waals surface area contributed by atoms with Gasteiger partial charge in [-0.2, -0.15) is 0 Å². The molecule has 7 atom stereocenters. The second-order valence-electron chi connectivity index (χ2n) is 5.26. The Balaban J connectivity index is 1.68. The third-order valence-corrected chi connectivity index (χ3v) is 4.73. The molecule has 0 amide bonds. The summed E-state index contributed by atoms with van der Waals surface area (Å²) in [6.07, 6.45) is 3.71. The van der Waals surface area contributed by atoms with Crippen LogP contribution in [0.1, 0.15) is 19.3 Å². The molecule has 4 aliphatic heterocycles. The van der Waals surface area contributed by atoms with Crippen LogP contribution >= 0.6 is 0 Å². The van der Waals surface area contributed by atoms with Crippen molar-refractivity contribution in [3.63, 3.8) is 0 Å². The number of aliphatic carboxylic acids is 1. The Morgan fingerprint density at radius 2 is 1.80 bits per heavy atom. The van der Waals surface area contributed by atoms with E-state index in [2.05, 4.69) is 0 Å². The number of fused-ring (bicyclic) bond motifs is 9. The smallest absolute Gasteiger partial charge is 0.309 e. The molecule has 0 spiro atoms. The number of hydrogen-bond acceptors (Lipinski definition) is 3. The first-order valence-corrected chi connectivity index (χ1v) is 5.79. The zero-order valence-corrected chi connectivity index (χ0v) is 8.33. The van der Waals surface area contributed by atoms with Crippen LogP contribution < -0.4 is 0 Å². The molecular formula is C11H14O4. The van der Waals surface area contributed by atoms with Crippen molar-refractivity contribution in [2.45, 2.75) is 43.7 Å². The van der Waals surface area contributed by atoms with Gasteiger partial charge in [0.15, 0.2) is 0 Å². The maximum absolute atomic E-state index is 11.1. The van der Waals surface area contributed by atoms with Gasteiger partial charge in [-0.1, -0.05) is 0 Å². The molecule has 0 aromatic heterocycles. The van der Waals surface area contributed by atoms with Crippen LogP contribution in [0.25, 0.3) is 0 Å². The van der Waals surface area contributed by atoms with Crippen LogP contribution in [0.5, 0.6) is 0 Å². The number of rotatable bonds is 1. The third-order valence-electron chi connectivity index (χ3n) is 4.73. The number of carboxylic acid groups (broad SMARTS) is 1. The van der Waals surface area contributed by atoms with Crippen LogP contribution in [0.4, 0.5) is 0 Å². The van der Waals surface area contributed by atoms with Crippen LogP contribution in [0.3, 0.4) is 0 Å². The van der Waals surface area contributed by atoms with Gasteiger partial charge in [-0.3, -0.25) is 4.79 Å². The van der Waals surface area contributed by atoms with E-state index >= 15 is 0 Å². The van der Waals surface area contributed by atoms with E-state index in [1.54, 1.807) is 0 Å². The zero-order valence-electron chi connectivity index (χ0n) is 8.33. The Bertz CT molecular complexity index is 329. The summed E-state index contributed by atoms with van der Waals surface area (Å²) in [5.74, 6) is -0.0872. The van der Waals surface area contributed by atoms with Gasteiger partial charge < -0.3 is 14.6 Å². The molecule has 15 heavy (non-hydrogen) atoms. The van der Waals surface area contributed by atoms with Crippen molar-refractivity contribution < 1.29 is 19.4 Å². The first-order valence-electron chi connectivity index (χ1n) is 5.79. The van der Waals surface area contributed by atoms with Gasteiger partial charge in [0, 0.05) is 11.8 Å². The van der Waals surface area contributed by atoms with E-state index in [1.807, 2.05) is 0 Å². The van der Waals surface area contributed by atoms with E-state index in [-0.39, 0.29) is 24.2 Å². The highest BCUT2D eigenvalue weighted by atomic mass is 16.5. The number of carbonyl (C=O) groups is 1. The number of hydrogen-bond donors (Lipinski definition) is 1. The molecule has 4 bridgehead atoms. The van der Waals surface area contributed by atoms with Crippen molar-refractivity contribution in [1.29, 1.82) is 0 Å². The largest absolute Gasteiger partial charge is 0.481 e. The topological polar surface area (TPSA) is 55.8 Å². The summed E-state index contributed by atoms with van der Waals surface area (Å²) in [6, 6.07) is 0. The maximum atomic E-state index is 11.1. The molecule has 4 rings (SSSR count). The Morgan fingerprint density at radius 3 is 2.53 bits per heavy atom. The van der Waals surface area contributed by atoms with Crippen LogP contribution in [0.2, 0.25) is 0 Å². The Labute approximate surface area is 87.5 Å². The normalized spacial score (nSPS) is 59.9. The lowest BCUT2D eigenvalue weighted by atomic mass is 9.67. The van der Waals surface area contributed by atoms with Gasteiger partial charge in [-0.25, -0.2) is 0 Å². The molecule has 0 aromatic rings. The SMILES string of the molecule is O=C(O)C1CC2OC1C1C3CCC(O3)C21. The molecule has 82 valence electrons. The van der Waals surface area contributed by atoms with Crippen LogP contribution in [0, 0.1) is 17.8 Å². The number of ether oxygens (including phenoxy) is 2. The monoisotopic (exact) mass is 210 g/mol. The maximum Gasteiger partial charge on any atom is 0.309 e. The summed E-state index contributed by atoms with van der Waals surface area (Å²) in [5, 5.41) is 9.10. The molecule has 1 N–H and O–H groups in total. The summed E-state index contributed by atoms with van der Waals surface area (Å²) >= 11 is 0. The minimum atomic E-state index is -0.691. The quantitative estimate of drug-likeness (QED) is 0.690. The molecule has 4 nitrogen and oxygen atoms in total. The van der Waals surface area contributed by atoms with Gasteiger partial charge in [0.25, 0.3) is 0 Å². The second-order valence-corrected chi connectivity index (χ2v) is 5.26. The fourth-order valence-corrected chi connectivity index (χ4v) is 4.25. The minimum Gasteiger partial charge on any atom is -0.481 e. The van der Waals surface area contributed by atoms with E-state index in [0.29, 0.717) is 24.4 Å². The molecular weight excluding hydrogens is 196 g/mol. The average molecular weight is 210 g/mol. The fraction of sp³-hybridized carbons (Fsp3) is 0.909. The highest BCUT2D eigenvalue weighted by Gasteiger charge is 2.66. The molecule has 0 aromatic carbocycles. The molecule has 4 aliphatic rings. The molecule has 4 heteroatoms. The molecule has 0 aliphatic carbocycles. The predicted molar refractivity (Wildman–Crippen MR) is 49.3 cm³/mol. The van der Waals surface area contributed by atoms with E-state index in [9.17, 15) is 4.79 Å². The van der Waals surface area contributed by atoms with Crippen molar-refractivity contribution in [3.05, 3.63) is 0 Å². The molecule has 0 radical (unpaired) electrons. The summed E-state index contributed by atoms with van der Waals surface area (Å²) in [4.78, 5) is 11.1. The lowest BCUT2D eigenvalue weighted by molar-refractivity contribution is -0.144. The summed E-state index contributed by atoms with van der Waals surface area (Å²) in [5.41, 5.74) is 0. The van der Waals surface area contributed by atoms with Crippen molar-refractivity contribution in [1.82, 2.24) is 0 Å². The fourth-order valence-electron chi connectivity index (χ4n) is 4.25. The summed E-state index contributed by atoms with van der Waals surface area (Å²) < 4.78 is 11.7. The molecule has 4 heterocycles. The Morgan fingerprint density at radius 1 is 1.07 bits per heavy atom. The van der Waals surface area contributed by atoms with E-state index in [0.717, 1.165) is 12.8 Å².